The normalized spacial score (nSPS) is 39.0. The van der Waals surface area contributed by atoms with Crippen LogP contribution >= 0.6 is 0 Å². The van der Waals surface area contributed by atoms with Crippen molar-refractivity contribution < 1.29 is 10.2 Å². The zero-order valence-corrected chi connectivity index (χ0v) is 11.4. The van der Waals surface area contributed by atoms with E-state index < -0.39 is 0 Å². The van der Waals surface area contributed by atoms with E-state index in [2.05, 4.69) is 20.8 Å². The molecule has 0 heterocycles. The molecule has 3 atom stereocenters. The Labute approximate surface area is 105 Å². The summed E-state index contributed by atoms with van der Waals surface area (Å²) in [6.45, 7) is 7.24. The van der Waals surface area contributed by atoms with E-state index in [1.165, 1.54) is 24.0 Å². The Kier molecular flexibility index (Phi) is 3.65. The summed E-state index contributed by atoms with van der Waals surface area (Å²) in [5.74, 6) is 1.76. The fraction of sp³-hybridized carbons (Fsp3) is 0.867. The van der Waals surface area contributed by atoms with Gasteiger partial charge in [0.1, 0.15) is 0 Å². The smallest absolute Gasteiger partial charge is 0.0641 e. The number of hydrogen-bond donors (Lipinski definition) is 2. The third-order valence-electron chi connectivity index (χ3n) is 4.90. The average Bonchev–Trinajstić information content (AvgIpc) is 2.68. The lowest BCUT2D eigenvalue weighted by Gasteiger charge is -2.42. The van der Waals surface area contributed by atoms with Crippen LogP contribution in [0.2, 0.25) is 0 Å². The molecule has 98 valence electrons. The molecule has 0 spiro atoms. The van der Waals surface area contributed by atoms with E-state index in [4.69, 9.17) is 0 Å². The molecule has 0 aromatic carbocycles. The van der Waals surface area contributed by atoms with E-state index in [0.717, 1.165) is 12.8 Å². The first-order valence-electron chi connectivity index (χ1n) is 6.89. The molecule has 0 saturated heterocycles. The van der Waals surface area contributed by atoms with Crippen molar-refractivity contribution in [3.05, 3.63) is 11.1 Å². The predicted molar refractivity (Wildman–Crippen MR) is 69.6 cm³/mol. The molecule has 0 aromatic rings. The zero-order chi connectivity index (χ0) is 12.6. The van der Waals surface area contributed by atoms with Crippen molar-refractivity contribution in [2.75, 3.05) is 13.2 Å². The van der Waals surface area contributed by atoms with Crippen LogP contribution in [0.3, 0.4) is 0 Å². The van der Waals surface area contributed by atoms with Crippen LogP contribution in [0.5, 0.6) is 0 Å². The molecule has 0 radical (unpaired) electrons. The first kappa shape index (κ1) is 13.1. The highest BCUT2D eigenvalue weighted by Gasteiger charge is 2.45. The SMILES string of the molecule is C/C(CO)=C1/CC(C)(C)C[C@@H]2[C@@H](CO)CC[C@H]12. The Morgan fingerprint density at radius 3 is 2.59 bits per heavy atom. The lowest BCUT2D eigenvalue weighted by molar-refractivity contribution is 0.117. The summed E-state index contributed by atoms with van der Waals surface area (Å²) in [5, 5.41) is 18.9. The first-order valence-corrected chi connectivity index (χ1v) is 6.89. The summed E-state index contributed by atoms with van der Waals surface area (Å²) in [4.78, 5) is 0. The third kappa shape index (κ3) is 2.43. The van der Waals surface area contributed by atoms with Gasteiger partial charge in [-0.15, -0.1) is 0 Å². The molecular formula is C15H26O2. The van der Waals surface area contributed by atoms with Gasteiger partial charge in [0, 0.05) is 6.61 Å². The highest BCUT2D eigenvalue weighted by molar-refractivity contribution is 5.23. The zero-order valence-electron chi connectivity index (χ0n) is 11.4. The second-order valence-corrected chi connectivity index (χ2v) is 6.80. The minimum atomic E-state index is 0.193. The Bertz CT molecular complexity index is 317. The van der Waals surface area contributed by atoms with Gasteiger partial charge in [0.25, 0.3) is 0 Å². The van der Waals surface area contributed by atoms with Gasteiger partial charge in [-0.05, 0) is 61.3 Å². The quantitative estimate of drug-likeness (QED) is 0.726. The Morgan fingerprint density at radius 1 is 1.29 bits per heavy atom. The molecule has 0 bridgehead atoms. The third-order valence-corrected chi connectivity index (χ3v) is 4.90. The van der Waals surface area contributed by atoms with Gasteiger partial charge >= 0.3 is 0 Å². The van der Waals surface area contributed by atoms with Gasteiger partial charge in [-0.25, -0.2) is 0 Å². The molecule has 2 N–H and O–H groups in total. The van der Waals surface area contributed by atoms with E-state index in [1.54, 1.807) is 0 Å². The van der Waals surface area contributed by atoms with Crippen molar-refractivity contribution in [3.8, 4) is 0 Å². The maximum Gasteiger partial charge on any atom is 0.0641 e. The monoisotopic (exact) mass is 238 g/mol. The van der Waals surface area contributed by atoms with Gasteiger partial charge in [0.2, 0.25) is 0 Å². The molecule has 2 rings (SSSR count). The fourth-order valence-corrected chi connectivity index (χ4v) is 4.04. The lowest BCUT2D eigenvalue weighted by atomic mass is 9.63. The fourth-order valence-electron chi connectivity index (χ4n) is 4.04. The van der Waals surface area contributed by atoms with Gasteiger partial charge in [0.05, 0.1) is 6.61 Å². The maximum absolute atomic E-state index is 9.49. The number of rotatable bonds is 2. The lowest BCUT2D eigenvalue weighted by Crippen LogP contribution is -2.33. The molecule has 0 aliphatic heterocycles. The molecule has 0 aromatic heterocycles. The van der Waals surface area contributed by atoms with E-state index in [1.807, 2.05) is 0 Å². The highest BCUT2D eigenvalue weighted by Crippen LogP contribution is 2.54. The van der Waals surface area contributed by atoms with Gasteiger partial charge in [-0.2, -0.15) is 0 Å². The number of aliphatic hydroxyl groups is 2. The van der Waals surface area contributed by atoms with Gasteiger partial charge in [0.15, 0.2) is 0 Å². The minimum Gasteiger partial charge on any atom is -0.396 e. The first-order chi connectivity index (χ1) is 7.98. The molecule has 2 fully saturated rings. The Hall–Kier alpha value is -0.340. The van der Waals surface area contributed by atoms with Crippen molar-refractivity contribution in [1.82, 2.24) is 0 Å². The van der Waals surface area contributed by atoms with Crippen LogP contribution in [0.15, 0.2) is 11.1 Å². The molecule has 2 heteroatoms. The van der Waals surface area contributed by atoms with Gasteiger partial charge in [-0.1, -0.05) is 19.4 Å². The van der Waals surface area contributed by atoms with Crippen LogP contribution in [0, 0.1) is 23.2 Å². The summed E-state index contributed by atoms with van der Waals surface area (Å²) in [6, 6.07) is 0. The summed E-state index contributed by atoms with van der Waals surface area (Å²) in [5.41, 5.74) is 2.99. The predicted octanol–water partition coefficient (Wildman–Crippen LogP) is 2.75. The van der Waals surface area contributed by atoms with Crippen LogP contribution in [0.4, 0.5) is 0 Å². The molecule has 2 aliphatic rings. The standard InChI is InChI=1S/C15H26O2/c1-10(8-16)13-6-15(2,3)7-14-11(9-17)4-5-12(13)14/h11-12,14,16-17H,4-9H2,1-3H3/b13-10+/t11-,12-,14-/m1/s1. The largest absolute Gasteiger partial charge is 0.396 e. The molecular weight excluding hydrogens is 212 g/mol. The number of allylic oxidation sites excluding steroid dienone is 1. The number of aliphatic hydroxyl groups excluding tert-OH is 2. The number of fused-ring (bicyclic) bond motifs is 1. The average molecular weight is 238 g/mol. The van der Waals surface area contributed by atoms with Crippen molar-refractivity contribution >= 4 is 0 Å². The topological polar surface area (TPSA) is 40.5 Å². The summed E-state index contributed by atoms with van der Waals surface area (Å²) in [7, 11) is 0. The maximum atomic E-state index is 9.49. The number of hydrogen-bond acceptors (Lipinski definition) is 2. The molecule has 17 heavy (non-hydrogen) atoms. The van der Waals surface area contributed by atoms with Crippen LogP contribution < -0.4 is 0 Å². The van der Waals surface area contributed by atoms with E-state index in [-0.39, 0.29) is 6.61 Å². The minimum absolute atomic E-state index is 0.193. The van der Waals surface area contributed by atoms with E-state index in [9.17, 15) is 10.2 Å². The summed E-state index contributed by atoms with van der Waals surface area (Å²) >= 11 is 0. The summed E-state index contributed by atoms with van der Waals surface area (Å²) in [6.07, 6.45) is 4.71. The highest BCUT2D eigenvalue weighted by atomic mass is 16.3. The van der Waals surface area contributed by atoms with E-state index in [0.29, 0.717) is 29.8 Å². The second-order valence-electron chi connectivity index (χ2n) is 6.80. The van der Waals surface area contributed by atoms with Crippen LogP contribution in [0.1, 0.15) is 46.5 Å². The van der Waals surface area contributed by atoms with E-state index >= 15 is 0 Å². The molecule has 2 nitrogen and oxygen atoms in total. The Morgan fingerprint density at radius 2 is 2.00 bits per heavy atom. The van der Waals surface area contributed by atoms with Crippen molar-refractivity contribution in [2.24, 2.45) is 23.2 Å². The molecule has 2 aliphatic carbocycles. The van der Waals surface area contributed by atoms with Crippen LogP contribution in [-0.4, -0.2) is 23.4 Å². The van der Waals surface area contributed by atoms with Gasteiger partial charge < -0.3 is 10.2 Å². The Balaban J connectivity index is 2.30. The van der Waals surface area contributed by atoms with Crippen molar-refractivity contribution in [3.63, 3.8) is 0 Å². The summed E-state index contributed by atoms with van der Waals surface area (Å²) < 4.78 is 0. The molecule has 2 saturated carbocycles. The second kappa shape index (κ2) is 4.74. The van der Waals surface area contributed by atoms with Crippen molar-refractivity contribution in [1.29, 1.82) is 0 Å². The van der Waals surface area contributed by atoms with Gasteiger partial charge in [-0.3, -0.25) is 0 Å². The molecule has 0 amide bonds. The molecule has 0 unspecified atom stereocenters. The van der Waals surface area contributed by atoms with Crippen LogP contribution in [0.25, 0.3) is 0 Å². The van der Waals surface area contributed by atoms with Crippen molar-refractivity contribution in [2.45, 2.75) is 46.5 Å². The van der Waals surface area contributed by atoms with Crippen LogP contribution in [-0.2, 0) is 0 Å².